The van der Waals surface area contributed by atoms with E-state index in [-0.39, 0.29) is 28.5 Å². The SMILES string of the molecule is CO/N=C/c1ccc(-c2cc(F)c(OCC3CCN(S(=O)(=O)c4ccccc4)CC3)c(F)c2)c(F)c1. The van der Waals surface area contributed by atoms with Gasteiger partial charge in [-0.15, -0.1) is 0 Å². The minimum absolute atomic E-state index is 0.0286. The lowest BCUT2D eigenvalue weighted by atomic mass is 9.99. The van der Waals surface area contributed by atoms with Crippen LogP contribution >= 0.6 is 0 Å². The topological polar surface area (TPSA) is 68.2 Å². The van der Waals surface area contributed by atoms with Crippen molar-refractivity contribution in [3.05, 3.63) is 83.7 Å². The molecule has 1 saturated heterocycles. The van der Waals surface area contributed by atoms with Gasteiger partial charge in [0.05, 0.1) is 17.7 Å². The number of nitrogens with zero attached hydrogens (tertiary/aromatic N) is 2. The fourth-order valence-electron chi connectivity index (χ4n) is 4.07. The van der Waals surface area contributed by atoms with Crippen LogP contribution in [0.2, 0.25) is 0 Å². The molecule has 3 aromatic carbocycles. The summed E-state index contributed by atoms with van der Waals surface area (Å²) in [5.74, 6) is -3.16. The fraction of sp³-hybridized carbons (Fsp3) is 0.269. The number of piperidine rings is 1. The Morgan fingerprint density at radius 1 is 0.972 bits per heavy atom. The standard InChI is InChI=1S/C26H25F3N2O4S/c1-34-30-16-19-7-8-22(23(27)13-19)20-14-24(28)26(25(29)15-20)35-17-18-9-11-31(12-10-18)36(32,33)21-5-3-2-4-6-21/h2-8,13-16,18H,9-12,17H2,1H3/b30-16+. The second-order valence-corrected chi connectivity index (χ2v) is 10.3. The average molecular weight is 519 g/mol. The fourth-order valence-corrected chi connectivity index (χ4v) is 5.56. The average Bonchev–Trinajstić information content (AvgIpc) is 2.87. The summed E-state index contributed by atoms with van der Waals surface area (Å²) in [6.45, 7) is 0.618. The third kappa shape index (κ3) is 5.71. The van der Waals surface area contributed by atoms with Crippen LogP contribution in [-0.4, -0.2) is 45.7 Å². The van der Waals surface area contributed by atoms with Gasteiger partial charge in [0.15, 0.2) is 17.4 Å². The molecule has 1 heterocycles. The lowest BCUT2D eigenvalue weighted by Crippen LogP contribution is -2.39. The van der Waals surface area contributed by atoms with Crippen LogP contribution in [0.3, 0.4) is 0 Å². The highest BCUT2D eigenvalue weighted by molar-refractivity contribution is 7.89. The Kier molecular flexibility index (Phi) is 7.95. The molecule has 190 valence electrons. The lowest BCUT2D eigenvalue weighted by molar-refractivity contribution is 0.176. The normalized spacial score (nSPS) is 15.3. The number of halogens is 3. The number of ether oxygens (including phenoxy) is 1. The van der Waals surface area contributed by atoms with Crippen molar-refractivity contribution in [3.63, 3.8) is 0 Å². The number of oxime groups is 1. The van der Waals surface area contributed by atoms with Crippen molar-refractivity contribution >= 4 is 16.2 Å². The maximum absolute atomic E-state index is 14.7. The molecule has 0 aliphatic carbocycles. The molecule has 36 heavy (non-hydrogen) atoms. The molecule has 3 aromatic rings. The van der Waals surface area contributed by atoms with Crippen LogP contribution in [0.1, 0.15) is 18.4 Å². The highest BCUT2D eigenvalue weighted by Gasteiger charge is 2.30. The van der Waals surface area contributed by atoms with Crippen LogP contribution in [0.15, 0.2) is 70.7 Å². The largest absolute Gasteiger partial charge is 0.487 e. The Hall–Kier alpha value is -3.37. The molecule has 0 bridgehead atoms. The number of benzene rings is 3. The van der Waals surface area contributed by atoms with Crippen LogP contribution in [0, 0.1) is 23.4 Å². The Balaban J connectivity index is 1.39. The summed E-state index contributed by atoms with van der Waals surface area (Å²) in [7, 11) is -2.22. The van der Waals surface area contributed by atoms with Gasteiger partial charge in [0.1, 0.15) is 12.9 Å². The summed E-state index contributed by atoms with van der Waals surface area (Å²) in [5, 5.41) is 3.55. The molecule has 0 atom stereocenters. The number of sulfonamides is 1. The van der Waals surface area contributed by atoms with E-state index < -0.39 is 33.2 Å². The molecule has 6 nitrogen and oxygen atoms in total. The molecule has 0 amide bonds. The molecule has 0 saturated carbocycles. The second kappa shape index (κ2) is 11.1. The van der Waals surface area contributed by atoms with Gasteiger partial charge in [-0.2, -0.15) is 4.31 Å². The third-order valence-electron chi connectivity index (χ3n) is 6.03. The molecule has 0 radical (unpaired) electrons. The molecule has 1 aliphatic heterocycles. The van der Waals surface area contributed by atoms with Gasteiger partial charge in [-0.1, -0.05) is 35.5 Å². The van der Waals surface area contributed by atoms with E-state index in [2.05, 4.69) is 9.99 Å². The maximum Gasteiger partial charge on any atom is 0.243 e. The quantitative estimate of drug-likeness (QED) is 0.303. The van der Waals surface area contributed by atoms with Crippen molar-refractivity contribution in [1.29, 1.82) is 0 Å². The van der Waals surface area contributed by atoms with Crippen molar-refractivity contribution in [1.82, 2.24) is 4.31 Å². The van der Waals surface area contributed by atoms with Gasteiger partial charge in [0, 0.05) is 18.7 Å². The molecule has 10 heteroatoms. The van der Waals surface area contributed by atoms with Crippen molar-refractivity contribution < 1.29 is 31.2 Å². The molecule has 0 N–H and O–H groups in total. The monoisotopic (exact) mass is 518 g/mol. The van der Waals surface area contributed by atoms with Gasteiger partial charge in [-0.25, -0.2) is 21.6 Å². The minimum Gasteiger partial charge on any atom is -0.487 e. The molecule has 0 unspecified atom stereocenters. The van der Waals surface area contributed by atoms with E-state index in [9.17, 15) is 21.6 Å². The van der Waals surface area contributed by atoms with Crippen molar-refractivity contribution in [3.8, 4) is 16.9 Å². The maximum atomic E-state index is 14.7. The van der Waals surface area contributed by atoms with E-state index in [4.69, 9.17) is 4.74 Å². The molecule has 0 spiro atoms. The van der Waals surface area contributed by atoms with Crippen LogP contribution in [0.25, 0.3) is 11.1 Å². The Labute approximate surface area is 208 Å². The first-order valence-corrected chi connectivity index (χ1v) is 12.8. The second-order valence-electron chi connectivity index (χ2n) is 8.40. The molecule has 0 aromatic heterocycles. The third-order valence-corrected chi connectivity index (χ3v) is 7.94. The minimum atomic E-state index is -3.58. The van der Waals surface area contributed by atoms with Gasteiger partial charge in [-0.05, 0) is 60.2 Å². The predicted octanol–water partition coefficient (Wildman–Crippen LogP) is 5.23. The predicted molar refractivity (Wildman–Crippen MR) is 130 cm³/mol. The highest BCUT2D eigenvalue weighted by Crippen LogP contribution is 2.32. The first kappa shape index (κ1) is 25.7. The van der Waals surface area contributed by atoms with E-state index in [1.54, 1.807) is 36.4 Å². The van der Waals surface area contributed by atoms with Gasteiger partial charge >= 0.3 is 0 Å². The molecular formula is C26H25F3N2O4S. The Morgan fingerprint density at radius 3 is 2.25 bits per heavy atom. The van der Waals surface area contributed by atoms with E-state index in [0.717, 1.165) is 12.1 Å². The van der Waals surface area contributed by atoms with E-state index >= 15 is 0 Å². The van der Waals surface area contributed by atoms with E-state index in [1.807, 2.05) is 0 Å². The Morgan fingerprint density at radius 2 is 1.64 bits per heavy atom. The molecular weight excluding hydrogens is 493 g/mol. The zero-order valence-electron chi connectivity index (χ0n) is 19.5. The summed E-state index contributed by atoms with van der Waals surface area (Å²) in [4.78, 5) is 4.79. The van der Waals surface area contributed by atoms with Crippen LogP contribution < -0.4 is 4.74 Å². The van der Waals surface area contributed by atoms with Gasteiger partial charge in [0.25, 0.3) is 0 Å². The Bertz CT molecular complexity index is 1320. The van der Waals surface area contributed by atoms with Crippen LogP contribution in [0.5, 0.6) is 5.75 Å². The molecule has 4 rings (SSSR count). The summed E-state index contributed by atoms with van der Waals surface area (Å²) in [6, 6.07) is 14.4. The van der Waals surface area contributed by atoms with Gasteiger partial charge in [-0.3, -0.25) is 0 Å². The lowest BCUT2D eigenvalue weighted by Gasteiger charge is -2.31. The van der Waals surface area contributed by atoms with Crippen LogP contribution in [0.4, 0.5) is 13.2 Å². The smallest absolute Gasteiger partial charge is 0.243 e. The van der Waals surface area contributed by atoms with Gasteiger partial charge in [0.2, 0.25) is 10.0 Å². The summed E-state index contributed by atoms with van der Waals surface area (Å²) in [6.07, 6.45) is 2.31. The van der Waals surface area contributed by atoms with E-state index in [0.29, 0.717) is 31.5 Å². The zero-order chi connectivity index (χ0) is 25.7. The first-order chi connectivity index (χ1) is 17.3. The van der Waals surface area contributed by atoms with Crippen molar-refractivity contribution in [2.24, 2.45) is 11.1 Å². The summed E-state index contributed by atoms with van der Waals surface area (Å²) < 4.78 is 76.3. The van der Waals surface area contributed by atoms with Crippen LogP contribution in [-0.2, 0) is 14.9 Å². The first-order valence-electron chi connectivity index (χ1n) is 11.3. The number of hydrogen-bond acceptors (Lipinski definition) is 5. The molecule has 1 aliphatic rings. The number of hydrogen-bond donors (Lipinski definition) is 0. The van der Waals surface area contributed by atoms with Crippen molar-refractivity contribution in [2.75, 3.05) is 26.8 Å². The van der Waals surface area contributed by atoms with Crippen molar-refractivity contribution in [2.45, 2.75) is 17.7 Å². The summed E-state index contributed by atoms with van der Waals surface area (Å²) >= 11 is 0. The molecule has 1 fully saturated rings. The number of rotatable bonds is 8. The van der Waals surface area contributed by atoms with Gasteiger partial charge < -0.3 is 9.57 Å². The summed E-state index contributed by atoms with van der Waals surface area (Å²) in [5.41, 5.74) is 0.493. The highest BCUT2D eigenvalue weighted by atomic mass is 32.2. The van der Waals surface area contributed by atoms with E-state index in [1.165, 1.54) is 29.8 Å². The zero-order valence-corrected chi connectivity index (χ0v) is 20.3.